The first-order valence-electron chi connectivity index (χ1n) is 6.34. The van der Waals surface area contributed by atoms with Crippen molar-refractivity contribution in [3.05, 3.63) is 29.6 Å². The van der Waals surface area contributed by atoms with Crippen molar-refractivity contribution in [3.8, 4) is 5.75 Å². The summed E-state index contributed by atoms with van der Waals surface area (Å²) in [4.78, 5) is 13.0. The predicted molar refractivity (Wildman–Crippen MR) is 72.6 cm³/mol. The van der Waals surface area contributed by atoms with Crippen LogP contribution in [0, 0.1) is 5.82 Å². The van der Waals surface area contributed by atoms with Crippen molar-refractivity contribution in [3.63, 3.8) is 0 Å². The van der Waals surface area contributed by atoms with Crippen LogP contribution in [0.2, 0.25) is 0 Å². The summed E-state index contributed by atoms with van der Waals surface area (Å²) in [5.41, 5.74) is 6.47. The third-order valence-corrected chi connectivity index (χ3v) is 2.81. The van der Waals surface area contributed by atoms with E-state index >= 15 is 0 Å². The third-order valence-electron chi connectivity index (χ3n) is 2.81. The van der Waals surface area contributed by atoms with Crippen LogP contribution < -0.4 is 10.5 Å². The van der Waals surface area contributed by atoms with Crippen molar-refractivity contribution in [1.82, 2.24) is 4.90 Å². The number of nitrogens with two attached hydrogens (primary N) is 1. The molecule has 0 aromatic heterocycles. The van der Waals surface area contributed by atoms with Gasteiger partial charge < -0.3 is 15.4 Å². The second-order valence-electron chi connectivity index (χ2n) is 4.64. The van der Waals surface area contributed by atoms with E-state index in [0.717, 1.165) is 5.56 Å². The van der Waals surface area contributed by atoms with Gasteiger partial charge in [-0.1, -0.05) is 6.07 Å². The van der Waals surface area contributed by atoms with Crippen LogP contribution in [-0.2, 0) is 11.2 Å². The van der Waals surface area contributed by atoms with Crippen LogP contribution in [0.1, 0.15) is 19.4 Å². The molecule has 0 aliphatic carbocycles. The van der Waals surface area contributed by atoms with E-state index in [1.165, 1.54) is 17.0 Å². The zero-order valence-corrected chi connectivity index (χ0v) is 11.6. The molecular weight excluding hydrogens is 247 g/mol. The smallest absolute Gasteiger partial charge is 0.260 e. The van der Waals surface area contributed by atoms with E-state index in [1.54, 1.807) is 13.1 Å². The van der Waals surface area contributed by atoms with E-state index in [1.807, 2.05) is 13.8 Å². The number of halogens is 1. The molecule has 1 rings (SSSR count). The summed E-state index contributed by atoms with van der Waals surface area (Å²) in [5.74, 6) is -0.557. The van der Waals surface area contributed by atoms with Crippen LogP contribution in [0.25, 0.3) is 0 Å². The van der Waals surface area contributed by atoms with Gasteiger partial charge in [0.1, 0.15) is 0 Å². The minimum atomic E-state index is -0.467. The summed E-state index contributed by atoms with van der Waals surface area (Å²) in [6.07, 6.45) is 0.606. The monoisotopic (exact) mass is 268 g/mol. The fourth-order valence-corrected chi connectivity index (χ4v) is 1.59. The SMILES string of the molecule is CCN(C)C(=O)COc1ccc(CC(C)N)cc1F. The molecular formula is C14H21FN2O2. The van der Waals surface area contributed by atoms with Gasteiger partial charge in [0.25, 0.3) is 5.91 Å². The Morgan fingerprint density at radius 3 is 2.74 bits per heavy atom. The molecule has 0 heterocycles. The van der Waals surface area contributed by atoms with Crippen molar-refractivity contribution >= 4 is 5.91 Å². The minimum Gasteiger partial charge on any atom is -0.481 e. The van der Waals surface area contributed by atoms with Gasteiger partial charge in [-0.3, -0.25) is 4.79 Å². The van der Waals surface area contributed by atoms with Gasteiger partial charge in [-0.15, -0.1) is 0 Å². The van der Waals surface area contributed by atoms with Crippen molar-refractivity contribution in [2.24, 2.45) is 5.73 Å². The molecule has 2 N–H and O–H groups in total. The van der Waals surface area contributed by atoms with Crippen LogP contribution in [0.4, 0.5) is 4.39 Å². The Morgan fingerprint density at radius 1 is 1.53 bits per heavy atom. The number of hydrogen-bond donors (Lipinski definition) is 1. The third kappa shape index (κ3) is 4.87. The van der Waals surface area contributed by atoms with Gasteiger partial charge in [0.2, 0.25) is 0 Å². The van der Waals surface area contributed by atoms with Crippen LogP contribution >= 0.6 is 0 Å². The van der Waals surface area contributed by atoms with Crippen molar-refractivity contribution < 1.29 is 13.9 Å². The van der Waals surface area contributed by atoms with E-state index in [9.17, 15) is 9.18 Å². The van der Waals surface area contributed by atoms with E-state index in [4.69, 9.17) is 10.5 Å². The molecule has 1 aromatic carbocycles. The molecule has 0 bridgehead atoms. The summed E-state index contributed by atoms with van der Waals surface area (Å²) in [6.45, 7) is 4.16. The maximum Gasteiger partial charge on any atom is 0.260 e. The van der Waals surface area contributed by atoms with Crippen molar-refractivity contribution in [2.45, 2.75) is 26.3 Å². The molecule has 5 heteroatoms. The number of likely N-dealkylation sites (N-methyl/N-ethyl adjacent to an activating group) is 1. The number of nitrogens with zero attached hydrogens (tertiary/aromatic N) is 1. The number of benzene rings is 1. The molecule has 0 aliphatic heterocycles. The maximum atomic E-state index is 13.7. The molecule has 4 nitrogen and oxygen atoms in total. The van der Waals surface area contributed by atoms with E-state index in [0.29, 0.717) is 13.0 Å². The van der Waals surface area contributed by atoms with Crippen molar-refractivity contribution in [2.75, 3.05) is 20.2 Å². The quantitative estimate of drug-likeness (QED) is 0.852. The Labute approximate surface area is 113 Å². The van der Waals surface area contributed by atoms with Crippen molar-refractivity contribution in [1.29, 1.82) is 0 Å². The highest BCUT2D eigenvalue weighted by Crippen LogP contribution is 2.19. The highest BCUT2D eigenvalue weighted by molar-refractivity contribution is 5.77. The molecule has 0 saturated carbocycles. The second kappa shape index (κ2) is 7.09. The first kappa shape index (κ1) is 15.4. The number of rotatable bonds is 6. The lowest BCUT2D eigenvalue weighted by molar-refractivity contribution is -0.131. The molecule has 0 fully saturated rings. The van der Waals surface area contributed by atoms with Crippen LogP contribution in [0.15, 0.2) is 18.2 Å². The van der Waals surface area contributed by atoms with E-state index < -0.39 is 5.82 Å². The van der Waals surface area contributed by atoms with Gasteiger partial charge in [-0.05, 0) is 38.0 Å². The summed E-state index contributed by atoms with van der Waals surface area (Å²) >= 11 is 0. The van der Waals surface area contributed by atoms with Crippen LogP contribution in [0.3, 0.4) is 0 Å². The summed E-state index contributed by atoms with van der Waals surface area (Å²) in [5, 5.41) is 0. The Kier molecular flexibility index (Phi) is 5.76. The fraction of sp³-hybridized carbons (Fsp3) is 0.500. The number of hydrogen-bond acceptors (Lipinski definition) is 3. The first-order chi connectivity index (χ1) is 8.93. The predicted octanol–water partition coefficient (Wildman–Crippen LogP) is 1.57. The normalized spacial score (nSPS) is 12.1. The molecule has 106 valence electrons. The zero-order valence-electron chi connectivity index (χ0n) is 11.6. The lowest BCUT2D eigenvalue weighted by atomic mass is 10.1. The second-order valence-corrected chi connectivity index (χ2v) is 4.64. The van der Waals surface area contributed by atoms with Gasteiger partial charge in [0.05, 0.1) is 0 Å². The number of ether oxygens (including phenoxy) is 1. The largest absolute Gasteiger partial charge is 0.481 e. The molecule has 0 radical (unpaired) electrons. The Balaban J connectivity index is 2.62. The zero-order chi connectivity index (χ0) is 14.4. The topological polar surface area (TPSA) is 55.6 Å². The average Bonchev–Trinajstić information content (AvgIpc) is 2.35. The fourth-order valence-electron chi connectivity index (χ4n) is 1.59. The molecule has 1 atom stereocenters. The summed E-state index contributed by atoms with van der Waals surface area (Å²) in [6, 6.07) is 4.67. The van der Waals surface area contributed by atoms with E-state index in [-0.39, 0.29) is 24.3 Å². The highest BCUT2D eigenvalue weighted by Gasteiger charge is 2.10. The summed E-state index contributed by atoms with van der Waals surface area (Å²) in [7, 11) is 1.67. The lowest BCUT2D eigenvalue weighted by Gasteiger charge is -2.15. The Hall–Kier alpha value is -1.62. The number of amides is 1. The van der Waals surface area contributed by atoms with Gasteiger partial charge in [0.15, 0.2) is 18.2 Å². The molecule has 1 unspecified atom stereocenters. The summed E-state index contributed by atoms with van der Waals surface area (Å²) < 4.78 is 18.9. The average molecular weight is 268 g/mol. The first-order valence-corrected chi connectivity index (χ1v) is 6.34. The van der Waals surface area contributed by atoms with Crippen LogP contribution in [-0.4, -0.2) is 37.0 Å². The van der Waals surface area contributed by atoms with Gasteiger partial charge >= 0.3 is 0 Å². The minimum absolute atomic E-state index is 0.0223. The molecule has 1 aromatic rings. The number of carbonyl (C=O) groups excluding carboxylic acids is 1. The Morgan fingerprint density at radius 2 is 2.21 bits per heavy atom. The molecule has 0 saturated heterocycles. The Bertz CT molecular complexity index is 435. The number of carbonyl (C=O) groups is 1. The van der Waals surface area contributed by atoms with E-state index in [2.05, 4.69) is 0 Å². The maximum absolute atomic E-state index is 13.7. The van der Waals surface area contributed by atoms with Gasteiger partial charge in [0, 0.05) is 19.6 Å². The highest BCUT2D eigenvalue weighted by atomic mass is 19.1. The van der Waals surface area contributed by atoms with Gasteiger partial charge in [-0.25, -0.2) is 4.39 Å². The standard InChI is InChI=1S/C14H21FN2O2/c1-4-17(3)14(18)9-19-13-6-5-11(7-10(2)16)8-12(13)15/h5-6,8,10H,4,7,9,16H2,1-3H3. The van der Waals surface area contributed by atoms with Crippen LogP contribution in [0.5, 0.6) is 5.75 Å². The van der Waals surface area contributed by atoms with Gasteiger partial charge in [-0.2, -0.15) is 0 Å². The molecule has 0 spiro atoms. The molecule has 0 aliphatic rings. The molecule has 1 amide bonds. The lowest BCUT2D eigenvalue weighted by Crippen LogP contribution is -2.31. The molecule has 19 heavy (non-hydrogen) atoms.